The Hall–Kier alpha value is -2.57. The zero-order valence-corrected chi connectivity index (χ0v) is 14.0. The summed E-state index contributed by atoms with van der Waals surface area (Å²) in [4.78, 5) is 27.5. The average Bonchev–Trinajstić information content (AvgIpc) is 3.13. The quantitative estimate of drug-likeness (QED) is 0.769. The molecule has 2 aromatic rings. The first kappa shape index (κ1) is 17.8. The Kier molecular flexibility index (Phi) is 5.78. The molecule has 7 nitrogen and oxygen atoms in total. The van der Waals surface area contributed by atoms with Crippen LogP contribution in [0.1, 0.15) is 31.7 Å². The van der Waals surface area contributed by atoms with Crippen LogP contribution in [0.15, 0.2) is 27.2 Å². The maximum Gasteiger partial charge on any atom is 0.308 e. The molecule has 0 aliphatic heterocycles. The molecular formula is C17H22N2O5. The zero-order valence-electron chi connectivity index (χ0n) is 14.0. The summed E-state index contributed by atoms with van der Waals surface area (Å²) < 4.78 is 10.7. The summed E-state index contributed by atoms with van der Waals surface area (Å²) in [5.41, 5.74) is 0.509. The minimum absolute atomic E-state index is 0.0318. The zero-order chi connectivity index (χ0) is 17.7. The molecule has 0 bridgehead atoms. The topological polar surface area (TPSA) is 106 Å². The summed E-state index contributed by atoms with van der Waals surface area (Å²) in [5.74, 6) is -0.179. The van der Waals surface area contributed by atoms with Gasteiger partial charge in [-0.2, -0.15) is 0 Å². The van der Waals surface area contributed by atoms with Gasteiger partial charge in [0, 0.05) is 6.54 Å². The lowest BCUT2D eigenvalue weighted by molar-refractivity contribution is -0.142. The molecule has 7 heteroatoms. The summed E-state index contributed by atoms with van der Waals surface area (Å²) in [5, 5.41) is 11.9. The molecule has 0 saturated carbocycles. The van der Waals surface area contributed by atoms with Crippen molar-refractivity contribution in [2.75, 3.05) is 6.54 Å². The molecule has 0 aliphatic rings. The first-order valence-electron chi connectivity index (χ1n) is 7.86. The van der Waals surface area contributed by atoms with E-state index in [0.29, 0.717) is 29.5 Å². The maximum absolute atomic E-state index is 12.1. The van der Waals surface area contributed by atoms with Crippen molar-refractivity contribution in [1.29, 1.82) is 0 Å². The first-order valence-corrected chi connectivity index (χ1v) is 7.86. The summed E-state index contributed by atoms with van der Waals surface area (Å²) in [6.45, 7) is 5.73. The van der Waals surface area contributed by atoms with Gasteiger partial charge in [0.15, 0.2) is 5.76 Å². The van der Waals surface area contributed by atoms with Crippen molar-refractivity contribution >= 4 is 11.9 Å². The molecule has 0 aromatic carbocycles. The fourth-order valence-electron chi connectivity index (χ4n) is 2.39. The van der Waals surface area contributed by atoms with E-state index < -0.39 is 11.9 Å². The van der Waals surface area contributed by atoms with Crippen molar-refractivity contribution in [3.8, 4) is 11.7 Å². The minimum atomic E-state index is -0.901. The molecule has 1 amide bonds. The average molecular weight is 334 g/mol. The van der Waals surface area contributed by atoms with Crippen LogP contribution in [-0.2, 0) is 16.0 Å². The van der Waals surface area contributed by atoms with Crippen molar-refractivity contribution < 1.29 is 23.5 Å². The van der Waals surface area contributed by atoms with E-state index in [2.05, 4.69) is 10.3 Å². The molecule has 1 unspecified atom stereocenters. The number of aryl methyl sites for hydroxylation is 1. The first-order chi connectivity index (χ1) is 11.4. The Morgan fingerprint density at radius 3 is 2.71 bits per heavy atom. The summed E-state index contributed by atoms with van der Waals surface area (Å²) in [6, 6.07) is 3.44. The van der Waals surface area contributed by atoms with E-state index in [1.807, 2.05) is 13.8 Å². The van der Waals surface area contributed by atoms with Crippen LogP contribution in [0.25, 0.3) is 11.7 Å². The molecular weight excluding hydrogens is 312 g/mol. The highest BCUT2D eigenvalue weighted by Crippen LogP contribution is 2.22. The standard InChI is InChI=1S/C17H22N2O5/c1-10(2)7-12(17(21)22)9-18-15(20)8-13-11(3)24-16(19-13)14-5-4-6-23-14/h4-6,10,12H,7-9H2,1-3H3,(H,18,20)(H,21,22). The second-order valence-corrected chi connectivity index (χ2v) is 6.14. The number of aromatic nitrogens is 1. The summed E-state index contributed by atoms with van der Waals surface area (Å²) in [6.07, 6.45) is 2.06. The second-order valence-electron chi connectivity index (χ2n) is 6.14. The Morgan fingerprint density at radius 1 is 1.38 bits per heavy atom. The van der Waals surface area contributed by atoms with E-state index in [0.717, 1.165) is 0 Å². The Balaban J connectivity index is 1.94. The van der Waals surface area contributed by atoms with Crippen LogP contribution < -0.4 is 5.32 Å². The maximum atomic E-state index is 12.1. The highest BCUT2D eigenvalue weighted by atomic mass is 16.4. The third-order valence-corrected chi connectivity index (χ3v) is 3.60. The van der Waals surface area contributed by atoms with Gasteiger partial charge in [0.2, 0.25) is 5.91 Å². The van der Waals surface area contributed by atoms with Crippen LogP contribution >= 0.6 is 0 Å². The van der Waals surface area contributed by atoms with Gasteiger partial charge in [0.1, 0.15) is 5.76 Å². The van der Waals surface area contributed by atoms with Crippen LogP contribution in [0.5, 0.6) is 0 Å². The van der Waals surface area contributed by atoms with E-state index >= 15 is 0 Å². The van der Waals surface area contributed by atoms with Gasteiger partial charge in [0.25, 0.3) is 5.89 Å². The number of nitrogens with one attached hydrogen (secondary N) is 1. The van der Waals surface area contributed by atoms with Gasteiger partial charge in [-0.15, -0.1) is 0 Å². The van der Waals surface area contributed by atoms with E-state index in [1.165, 1.54) is 6.26 Å². The largest absolute Gasteiger partial charge is 0.481 e. The molecule has 0 saturated heterocycles. The molecule has 2 heterocycles. The van der Waals surface area contributed by atoms with Crippen molar-refractivity contribution in [2.45, 2.75) is 33.6 Å². The number of carbonyl (C=O) groups is 2. The molecule has 1 atom stereocenters. The van der Waals surface area contributed by atoms with Gasteiger partial charge >= 0.3 is 5.97 Å². The van der Waals surface area contributed by atoms with Crippen LogP contribution in [0.2, 0.25) is 0 Å². The molecule has 0 radical (unpaired) electrons. The Labute approximate surface area is 140 Å². The number of carboxylic acids is 1. The number of nitrogens with zero attached hydrogens (tertiary/aromatic N) is 1. The number of carboxylic acid groups (broad SMARTS) is 1. The molecule has 130 valence electrons. The predicted octanol–water partition coefficient (Wildman–Crippen LogP) is 2.65. The number of furan rings is 1. The fraction of sp³-hybridized carbons (Fsp3) is 0.471. The van der Waals surface area contributed by atoms with Crippen molar-refractivity contribution in [3.63, 3.8) is 0 Å². The summed E-state index contributed by atoms with van der Waals surface area (Å²) >= 11 is 0. The molecule has 2 N–H and O–H groups in total. The predicted molar refractivity (Wildman–Crippen MR) is 86.2 cm³/mol. The number of carbonyl (C=O) groups excluding carboxylic acids is 1. The number of oxazole rings is 1. The lowest BCUT2D eigenvalue weighted by Crippen LogP contribution is -2.34. The van der Waals surface area contributed by atoms with Crippen molar-refractivity contribution in [2.24, 2.45) is 11.8 Å². The number of hydrogen-bond acceptors (Lipinski definition) is 5. The molecule has 2 rings (SSSR count). The minimum Gasteiger partial charge on any atom is -0.481 e. The van der Waals surface area contributed by atoms with Crippen molar-refractivity contribution in [1.82, 2.24) is 10.3 Å². The Morgan fingerprint density at radius 2 is 2.12 bits per heavy atom. The van der Waals surface area contributed by atoms with E-state index in [9.17, 15) is 14.7 Å². The third kappa shape index (κ3) is 4.71. The Bertz CT molecular complexity index is 688. The third-order valence-electron chi connectivity index (χ3n) is 3.60. The van der Waals surface area contributed by atoms with Gasteiger partial charge in [-0.1, -0.05) is 13.8 Å². The van der Waals surface area contributed by atoms with Crippen LogP contribution in [-0.4, -0.2) is 28.5 Å². The van der Waals surface area contributed by atoms with E-state index in [4.69, 9.17) is 8.83 Å². The second kappa shape index (κ2) is 7.81. The SMILES string of the molecule is Cc1oc(-c2ccco2)nc1CC(=O)NCC(CC(C)C)C(=O)O. The van der Waals surface area contributed by atoms with Gasteiger partial charge in [-0.3, -0.25) is 9.59 Å². The van der Waals surface area contributed by atoms with Crippen molar-refractivity contribution in [3.05, 3.63) is 29.9 Å². The molecule has 0 spiro atoms. The number of amides is 1. The highest BCUT2D eigenvalue weighted by molar-refractivity contribution is 5.79. The lowest BCUT2D eigenvalue weighted by atomic mass is 9.97. The molecule has 2 aromatic heterocycles. The van der Waals surface area contributed by atoms with E-state index in [-0.39, 0.29) is 24.8 Å². The normalized spacial score (nSPS) is 12.3. The molecule has 0 aliphatic carbocycles. The smallest absolute Gasteiger partial charge is 0.308 e. The number of rotatable bonds is 8. The van der Waals surface area contributed by atoms with E-state index in [1.54, 1.807) is 19.1 Å². The highest BCUT2D eigenvalue weighted by Gasteiger charge is 2.21. The van der Waals surface area contributed by atoms with Gasteiger partial charge in [-0.25, -0.2) is 4.98 Å². The van der Waals surface area contributed by atoms with Crippen LogP contribution in [0.3, 0.4) is 0 Å². The van der Waals surface area contributed by atoms with Crippen LogP contribution in [0.4, 0.5) is 0 Å². The molecule has 0 fully saturated rings. The number of hydrogen-bond donors (Lipinski definition) is 2. The van der Waals surface area contributed by atoms with Crippen LogP contribution in [0, 0.1) is 18.8 Å². The summed E-state index contributed by atoms with van der Waals surface area (Å²) in [7, 11) is 0. The molecule has 24 heavy (non-hydrogen) atoms. The van der Waals surface area contributed by atoms with Gasteiger partial charge in [0.05, 0.1) is 24.3 Å². The fourth-order valence-corrected chi connectivity index (χ4v) is 2.39. The van der Waals surface area contributed by atoms with Gasteiger partial charge in [-0.05, 0) is 31.4 Å². The lowest BCUT2D eigenvalue weighted by Gasteiger charge is -2.15. The monoisotopic (exact) mass is 334 g/mol. The van der Waals surface area contributed by atoms with Gasteiger partial charge < -0.3 is 19.3 Å². The number of aliphatic carboxylic acids is 1.